The molecule has 1 saturated carbocycles. The summed E-state index contributed by atoms with van der Waals surface area (Å²) < 4.78 is 0. The molecule has 0 radical (unpaired) electrons. The predicted octanol–water partition coefficient (Wildman–Crippen LogP) is 3.36. The van der Waals surface area contributed by atoms with Crippen LogP contribution in [0.2, 0.25) is 0 Å². The largest absolute Gasteiger partial charge is 0.300 e. The Hall–Kier alpha value is -0.370. The quantitative estimate of drug-likeness (QED) is 0.766. The molecule has 0 aromatic heterocycles. The lowest BCUT2D eigenvalue weighted by molar-refractivity contribution is -0.126. The van der Waals surface area contributed by atoms with Gasteiger partial charge in [-0.05, 0) is 43.9 Å². The topological polar surface area (TPSA) is 20.3 Å². The first-order chi connectivity index (χ1) is 8.47. The maximum absolute atomic E-state index is 12.1. The van der Waals surface area contributed by atoms with Crippen molar-refractivity contribution in [2.24, 2.45) is 23.7 Å². The van der Waals surface area contributed by atoms with Crippen molar-refractivity contribution < 1.29 is 4.79 Å². The van der Waals surface area contributed by atoms with Gasteiger partial charge in [-0.3, -0.25) is 9.69 Å². The van der Waals surface area contributed by atoms with Gasteiger partial charge in [-0.25, -0.2) is 0 Å². The Balaban J connectivity index is 1.92. The fraction of sp³-hybridized carbons (Fsp3) is 0.938. The van der Waals surface area contributed by atoms with Gasteiger partial charge in [0.15, 0.2) is 0 Å². The maximum atomic E-state index is 12.1. The van der Waals surface area contributed by atoms with E-state index in [4.69, 9.17) is 0 Å². The van der Waals surface area contributed by atoms with Crippen molar-refractivity contribution in [1.82, 2.24) is 4.90 Å². The highest BCUT2D eigenvalue weighted by molar-refractivity contribution is 5.82. The minimum Gasteiger partial charge on any atom is -0.300 e. The Kier molecular flexibility index (Phi) is 4.47. The van der Waals surface area contributed by atoms with E-state index in [1.807, 2.05) is 0 Å². The zero-order chi connectivity index (χ0) is 13.3. The lowest BCUT2D eigenvalue weighted by Gasteiger charge is -2.34. The van der Waals surface area contributed by atoms with Gasteiger partial charge in [0, 0.05) is 31.5 Å². The Morgan fingerprint density at radius 3 is 2.56 bits per heavy atom. The van der Waals surface area contributed by atoms with E-state index in [2.05, 4.69) is 32.6 Å². The zero-order valence-electron chi connectivity index (χ0n) is 12.5. The van der Waals surface area contributed by atoms with E-state index in [0.29, 0.717) is 17.7 Å². The highest BCUT2D eigenvalue weighted by Crippen LogP contribution is 2.33. The summed E-state index contributed by atoms with van der Waals surface area (Å²) in [6.45, 7) is 11.5. The summed E-state index contributed by atoms with van der Waals surface area (Å²) in [5.41, 5.74) is 0. The first-order valence-corrected chi connectivity index (χ1v) is 7.74. The molecular weight excluding hydrogens is 222 g/mol. The van der Waals surface area contributed by atoms with E-state index in [1.54, 1.807) is 0 Å². The van der Waals surface area contributed by atoms with E-state index >= 15 is 0 Å². The van der Waals surface area contributed by atoms with Crippen LogP contribution >= 0.6 is 0 Å². The Morgan fingerprint density at radius 1 is 1.28 bits per heavy atom. The molecule has 2 rings (SSSR count). The summed E-state index contributed by atoms with van der Waals surface area (Å²) in [6.07, 6.45) is 4.38. The van der Waals surface area contributed by atoms with Crippen molar-refractivity contribution >= 4 is 5.78 Å². The van der Waals surface area contributed by atoms with Crippen LogP contribution in [0.15, 0.2) is 0 Å². The molecule has 18 heavy (non-hydrogen) atoms. The molecule has 104 valence electrons. The number of carbonyl (C=O) groups is 1. The minimum atomic E-state index is 0.318. The molecular formula is C16H29NO. The number of hydrogen-bond acceptors (Lipinski definition) is 2. The second-order valence-corrected chi connectivity index (χ2v) is 7.09. The first-order valence-electron chi connectivity index (χ1n) is 7.74. The van der Waals surface area contributed by atoms with Gasteiger partial charge in [0.2, 0.25) is 0 Å². The van der Waals surface area contributed by atoms with Crippen molar-refractivity contribution in [3.63, 3.8) is 0 Å². The van der Waals surface area contributed by atoms with Gasteiger partial charge in [-0.15, -0.1) is 0 Å². The lowest BCUT2D eigenvalue weighted by Crippen LogP contribution is -2.39. The molecule has 1 aliphatic heterocycles. The fourth-order valence-corrected chi connectivity index (χ4v) is 3.85. The predicted molar refractivity (Wildman–Crippen MR) is 75.5 cm³/mol. The third-order valence-electron chi connectivity index (χ3n) is 5.11. The summed E-state index contributed by atoms with van der Waals surface area (Å²) >= 11 is 0. The van der Waals surface area contributed by atoms with Crippen LogP contribution in [0.25, 0.3) is 0 Å². The number of carbonyl (C=O) groups excluding carboxylic acids is 1. The van der Waals surface area contributed by atoms with Crippen LogP contribution in [0.4, 0.5) is 0 Å². The van der Waals surface area contributed by atoms with Crippen LogP contribution in [0.1, 0.15) is 53.4 Å². The molecule has 1 heterocycles. The summed E-state index contributed by atoms with van der Waals surface area (Å²) in [5.74, 6) is 3.15. The average Bonchev–Trinajstić information content (AvgIpc) is 2.60. The van der Waals surface area contributed by atoms with Crippen LogP contribution in [-0.4, -0.2) is 29.8 Å². The number of hydrogen-bond donors (Lipinski definition) is 0. The van der Waals surface area contributed by atoms with Gasteiger partial charge in [-0.2, -0.15) is 0 Å². The van der Waals surface area contributed by atoms with Crippen molar-refractivity contribution in [2.75, 3.05) is 13.1 Å². The summed E-state index contributed by atoms with van der Waals surface area (Å²) in [7, 11) is 0. The molecule has 2 nitrogen and oxygen atoms in total. The molecule has 4 atom stereocenters. The van der Waals surface area contributed by atoms with Crippen LogP contribution in [0.3, 0.4) is 0 Å². The summed E-state index contributed by atoms with van der Waals surface area (Å²) in [4.78, 5) is 14.7. The van der Waals surface area contributed by atoms with E-state index in [-0.39, 0.29) is 0 Å². The molecule has 0 N–H and O–H groups in total. The van der Waals surface area contributed by atoms with Crippen molar-refractivity contribution in [2.45, 2.75) is 59.4 Å². The van der Waals surface area contributed by atoms with Crippen LogP contribution in [0, 0.1) is 23.7 Å². The van der Waals surface area contributed by atoms with E-state index in [0.717, 1.165) is 43.6 Å². The number of ketones is 1. The Bertz CT molecular complexity index is 299. The van der Waals surface area contributed by atoms with Crippen molar-refractivity contribution in [3.05, 3.63) is 0 Å². The van der Waals surface area contributed by atoms with E-state index < -0.39 is 0 Å². The summed E-state index contributed by atoms with van der Waals surface area (Å²) in [6, 6.07) is 0.673. The molecule has 0 aromatic rings. The molecule has 0 amide bonds. The molecule has 0 spiro atoms. The minimum absolute atomic E-state index is 0.318. The van der Waals surface area contributed by atoms with Crippen LogP contribution in [-0.2, 0) is 4.79 Å². The third kappa shape index (κ3) is 3.14. The fourth-order valence-electron chi connectivity index (χ4n) is 3.85. The first kappa shape index (κ1) is 14.0. The average molecular weight is 251 g/mol. The number of nitrogens with zero attached hydrogens (tertiary/aromatic N) is 1. The Labute approximate surface area is 112 Å². The van der Waals surface area contributed by atoms with E-state index in [9.17, 15) is 4.79 Å². The number of Topliss-reactive ketones (excluding diaryl/α,β-unsaturated/α-hetero) is 1. The monoisotopic (exact) mass is 251 g/mol. The van der Waals surface area contributed by atoms with Gasteiger partial charge in [0.05, 0.1) is 0 Å². The normalized spacial score (nSPS) is 38.6. The number of rotatable bonds is 3. The van der Waals surface area contributed by atoms with Crippen molar-refractivity contribution in [1.29, 1.82) is 0 Å². The lowest BCUT2D eigenvalue weighted by atomic mass is 9.75. The van der Waals surface area contributed by atoms with Gasteiger partial charge < -0.3 is 0 Å². The molecule has 0 aromatic carbocycles. The smallest absolute Gasteiger partial charge is 0.137 e. The highest BCUT2D eigenvalue weighted by atomic mass is 16.1. The van der Waals surface area contributed by atoms with E-state index in [1.165, 1.54) is 13.0 Å². The van der Waals surface area contributed by atoms with Gasteiger partial charge >= 0.3 is 0 Å². The molecule has 4 unspecified atom stereocenters. The van der Waals surface area contributed by atoms with Crippen LogP contribution in [0.5, 0.6) is 0 Å². The molecule has 2 aliphatic rings. The Morgan fingerprint density at radius 2 is 2.00 bits per heavy atom. The molecule has 1 saturated heterocycles. The van der Waals surface area contributed by atoms with Crippen molar-refractivity contribution in [3.8, 4) is 0 Å². The molecule has 0 bridgehead atoms. The second kappa shape index (κ2) is 5.73. The summed E-state index contributed by atoms with van der Waals surface area (Å²) in [5, 5.41) is 0. The molecule has 2 heteroatoms. The number of likely N-dealkylation sites (tertiary alicyclic amines) is 1. The van der Waals surface area contributed by atoms with Gasteiger partial charge in [0.25, 0.3) is 0 Å². The zero-order valence-corrected chi connectivity index (χ0v) is 12.5. The van der Waals surface area contributed by atoms with Crippen LogP contribution < -0.4 is 0 Å². The third-order valence-corrected chi connectivity index (χ3v) is 5.11. The van der Waals surface area contributed by atoms with Gasteiger partial charge in [-0.1, -0.05) is 20.8 Å². The van der Waals surface area contributed by atoms with Gasteiger partial charge in [0.1, 0.15) is 5.78 Å². The SMILES string of the molecule is CC1CC(C)N(CC2CC(C(C)C)CCC2=O)C1. The molecule has 1 aliphatic carbocycles. The second-order valence-electron chi connectivity index (χ2n) is 7.09. The maximum Gasteiger partial charge on any atom is 0.137 e. The molecule has 2 fully saturated rings. The standard InChI is InChI=1S/C16H29NO/c1-11(2)14-5-6-16(18)15(8-14)10-17-9-12(3)7-13(17)4/h11-15H,5-10H2,1-4H3. The highest BCUT2D eigenvalue weighted by Gasteiger charge is 2.34.